The topological polar surface area (TPSA) is 77.9 Å². The van der Waals surface area contributed by atoms with E-state index in [2.05, 4.69) is 22.1 Å². The van der Waals surface area contributed by atoms with Gasteiger partial charge < -0.3 is 15.2 Å². The van der Waals surface area contributed by atoms with E-state index < -0.39 is 0 Å². The van der Waals surface area contributed by atoms with Gasteiger partial charge in [0.05, 0.1) is 25.1 Å². The SMILES string of the molecule is CCOc1ccc(CN2CCC[C@H](c3cc(N)n4nc(C)cc4n3)C2)cc1OC. The van der Waals surface area contributed by atoms with Gasteiger partial charge in [-0.15, -0.1) is 0 Å². The molecule has 1 saturated heterocycles. The lowest BCUT2D eigenvalue weighted by molar-refractivity contribution is 0.198. The van der Waals surface area contributed by atoms with Gasteiger partial charge >= 0.3 is 0 Å². The zero-order valence-corrected chi connectivity index (χ0v) is 17.4. The van der Waals surface area contributed by atoms with Crippen molar-refractivity contribution in [2.24, 2.45) is 0 Å². The predicted octanol–water partition coefficient (Wildman–Crippen LogP) is 3.41. The summed E-state index contributed by atoms with van der Waals surface area (Å²) in [6.45, 7) is 7.48. The van der Waals surface area contributed by atoms with Crippen LogP contribution in [0.15, 0.2) is 30.3 Å². The normalized spacial score (nSPS) is 17.6. The van der Waals surface area contributed by atoms with Crippen LogP contribution in [-0.4, -0.2) is 46.3 Å². The first-order chi connectivity index (χ1) is 14.1. The Bertz CT molecular complexity index is 1000. The number of piperidine rings is 1. The number of aryl methyl sites for hydroxylation is 1. The maximum atomic E-state index is 6.23. The van der Waals surface area contributed by atoms with Gasteiger partial charge in [-0.05, 0) is 50.9 Å². The molecule has 29 heavy (non-hydrogen) atoms. The molecule has 0 bridgehead atoms. The van der Waals surface area contributed by atoms with Crippen molar-refractivity contribution in [3.05, 3.63) is 47.3 Å². The number of benzene rings is 1. The van der Waals surface area contributed by atoms with E-state index in [0.29, 0.717) is 18.3 Å². The lowest BCUT2D eigenvalue weighted by atomic mass is 9.94. The molecule has 0 unspecified atom stereocenters. The highest BCUT2D eigenvalue weighted by molar-refractivity contribution is 5.49. The summed E-state index contributed by atoms with van der Waals surface area (Å²) >= 11 is 0. The largest absolute Gasteiger partial charge is 0.493 e. The fourth-order valence-electron chi connectivity index (χ4n) is 4.13. The van der Waals surface area contributed by atoms with Crippen molar-refractivity contribution in [2.45, 2.75) is 39.2 Å². The minimum atomic E-state index is 0.371. The molecule has 7 nitrogen and oxygen atoms in total. The molecule has 7 heteroatoms. The number of anilines is 1. The minimum absolute atomic E-state index is 0.371. The third-order valence-corrected chi connectivity index (χ3v) is 5.45. The molecule has 3 heterocycles. The molecule has 3 aromatic rings. The molecular weight excluding hydrogens is 366 g/mol. The molecule has 0 amide bonds. The summed E-state index contributed by atoms with van der Waals surface area (Å²) in [6.07, 6.45) is 2.27. The highest BCUT2D eigenvalue weighted by Crippen LogP contribution is 2.31. The van der Waals surface area contributed by atoms with Gasteiger partial charge in [0.1, 0.15) is 5.82 Å². The van der Waals surface area contributed by atoms with Crippen LogP contribution in [0, 0.1) is 6.92 Å². The average molecular weight is 396 g/mol. The zero-order chi connectivity index (χ0) is 20.4. The molecule has 1 aromatic carbocycles. The van der Waals surface area contributed by atoms with Crippen molar-refractivity contribution >= 4 is 11.5 Å². The quantitative estimate of drug-likeness (QED) is 0.689. The van der Waals surface area contributed by atoms with E-state index >= 15 is 0 Å². The second-order valence-electron chi connectivity index (χ2n) is 7.65. The first-order valence-corrected chi connectivity index (χ1v) is 10.2. The molecule has 0 radical (unpaired) electrons. The van der Waals surface area contributed by atoms with Crippen LogP contribution in [0.25, 0.3) is 5.65 Å². The summed E-state index contributed by atoms with van der Waals surface area (Å²) in [5, 5.41) is 4.40. The summed E-state index contributed by atoms with van der Waals surface area (Å²) in [6, 6.07) is 10.2. The Hall–Kier alpha value is -2.80. The molecule has 1 aliphatic heterocycles. The van der Waals surface area contributed by atoms with Crippen LogP contribution in [0.5, 0.6) is 11.5 Å². The van der Waals surface area contributed by atoms with Crippen LogP contribution in [0.1, 0.15) is 42.6 Å². The van der Waals surface area contributed by atoms with E-state index in [1.54, 1.807) is 11.6 Å². The number of nitrogens with zero attached hydrogens (tertiary/aromatic N) is 4. The summed E-state index contributed by atoms with van der Waals surface area (Å²) in [5.41, 5.74) is 10.3. The number of fused-ring (bicyclic) bond motifs is 1. The van der Waals surface area contributed by atoms with Gasteiger partial charge in [-0.25, -0.2) is 4.98 Å². The number of rotatable bonds is 6. The lowest BCUT2D eigenvalue weighted by Crippen LogP contribution is -2.34. The smallest absolute Gasteiger partial charge is 0.161 e. The highest BCUT2D eigenvalue weighted by atomic mass is 16.5. The molecule has 2 aromatic heterocycles. The van der Waals surface area contributed by atoms with E-state index in [0.717, 1.165) is 61.0 Å². The van der Waals surface area contributed by atoms with E-state index in [9.17, 15) is 0 Å². The van der Waals surface area contributed by atoms with Gasteiger partial charge in [0.15, 0.2) is 17.1 Å². The first-order valence-electron chi connectivity index (χ1n) is 10.2. The number of nitrogen functional groups attached to an aromatic ring is 1. The van der Waals surface area contributed by atoms with Crippen LogP contribution < -0.4 is 15.2 Å². The van der Waals surface area contributed by atoms with E-state index in [1.165, 1.54) is 5.56 Å². The molecule has 4 rings (SSSR count). The van der Waals surface area contributed by atoms with E-state index in [-0.39, 0.29) is 0 Å². The molecule has 0 saturated carbocycles. The molecule has 1 fully saturated rings. The Morgan fingerprint density at radius 1 is 1.21 bits per heavy atom. The Kier molecular flexibility index (Phi) is 5.58. The average Bonchev–Trinajstić information content (AvgIpc) is 3.10. The van der Waals surface area contributed by atoms with Crippen molar-refractivity contribution in [3.8, 4) is 11.5 Å². The molecule has 1 atom stereocenters. The highest BCUT2D eigenvalue weighted by Gasteiger charge is 2.24. The number of aromatic nitrogens is 3. The second kappa shape index (κ2) is 8.29. The Morgan fingerprint density at radius 2 is 2.07 bits per heavy atom. The fourth-order valence-corrected chi connectivity index (χ4v) is 4.13. The van der Waals surface area contributed by atoms with Crippen LogP contribution in [0.4, 0.5) is 5.82 Å². The Morgan fingerprint density at radius 3 is 2.86 bits per heavy atom. The van der Waals surface area contributed by atoms with Crippen molar-refractivity contribution in [3.63, 3.8) is 0 Å². The van der Waals surface area contributed by atoms with Gasteiger partial charge in [0, 0.05) is 31.1 Å². The van der Waals surface area contributed by atoms with Gasteiger partial charge in [0.2, 0.25) is 0 Å². The van der Waals surface area contributed by atoms with Crippen molar-refractivity contribution in [1.29, 1.82) is 0 Å². The van der Waals surface area contributed by atoms with Crippen molar-refractivity contribution in [2.75, 3.05) is 32.5 Å². The lowest BCUT2D eigenvalue weighted by Gasteiger charge is -2.32. The molecule has 154 valence electrons. The number of ether oxygens (including phenoxy) is 2. The fraction of sp³-hybridized carbons (Fsp3) is 0.455. The Labute approximate surface area is 171 Å². The summed E-state index contributed by atoms with van der Waals surface area (Å²) in [7, 11) is 1.68. The van der Waals surface area contributed by atoms with E-state index in [4.69, 9.17) is 20.2 Å². The van der Waals surface area contributed by atoms with Gasteiger partial charge in [-0.2, -0.15) is 9.61 Å². The maximum Gasteiger partial charge on any atom is 0.161 e. The summed E-state index contributed by atoms with van der Waals surface area (Å²) < 4.78 is 12.8. The molecule has 0 aliphatic carbocycles. The summed E-state index contributed by atoms with van der Waals surface area (Å²) in [5.74, 6) is 2.59. The van der Waals surface area contributed by atoms with Crippen molar-refractivity contribution in [1.82, 2.24) is 19.5 Å². The number of nitrogens with two attached hydrogens (primary N) is 1. The summed E-state index contributed by atoms with van der Waals surface area (Å²) in [4.78, 5) is 7.32. The zero-order valence-electron chi connectivity index (χ0n) is 17.4. The molecular formula is C22H29N5O2. The third-order valence-electron chi connectivity index (χ3n) is 5.45. The Balaban J connectivity index is 1.50. The van der Waals surface area contributed by atoms with Crippen LogP contribution in [0.3, 0.4) is 0 Å². The van der Waals surface area contributed by atoms with Gasteiger partial charge in [-0.3, -0.25) is 4.90 Å². The number of methoxy groups -OCH3 is 1. The van der Waals surface area contributed by atoms with E-state index in [1.807, 2.05) is 32.0 Å². The number of likely N-dealkylation sites (tertiary alicyclic amines) is 1. The first kappa shape index (κ1) is 19.5. The van der Waals surface area contributed by atoms with Crippen LogP contribution >= 0.6 is 0 Å². The molecule has 0 spiro atoms. The minimum Gasteiger partial charge on any atom is -0.493 e. The van der Waals surface area contributed by atoms with Crippen LogP contribution in [-0.2, 0) is 6.54 Å². The second-order valence-corrected chi connectivity index (χ2v) is 7.65. The number of hydrogen-bond acceptors (Lipinski definition) is 6. The van der Waals surface area contributed by atoms with Gasteiger partial charge in [-0.1, -0.05) is 6.07 Å². The number of hydrogen-bond donors (Lipinski definition) is 1. The predicted molar refractivity (Wildman–Crippen MR) is 114 cm³/mol. The monoisotopic (exact) mass is 395 g/mol. The van der Waals surface area contributed by atoms with Crippen molar-refractivity contribution < 1.29 is 9.47 Å². The molecule has 2 N–H and O–H groups in total. The standard InChI is InChI=1S/C22H29N5O2/c1-4-29-19-8-7-16(11-20(19)28-3)13-26-9-5-6-17(14-26)18-12-21(23)27-22(24-18)10-15(2)25-27/h7-8,10-12,17H,4-6,9,13-14,23H2,1-3H3/t17-/m0/s1. The maximum absolute atomic E-state index is 6.23. The van der Waals surface area contributed by atoms with Gasteiger partial charge in [0.25, 0.3) is 0 Å². The van der Waals surface area contributed by atoms with Crippen LogP contribution in [0.2, 0.25) is 0 Å². The molecule has 1 aliphatic rings. The third kappa shape index (κ3) is 4.15.